The van der Waals surface area contributed by atoms with Gasteiger partial charge in [-0.2, -0.15) is 4.99 Å². The zero-order valence-corrected chi connectivity index (χ0v) is 17.6. The molecule has 6 heteroatoms. The molecule has 0 aliphatic heterocycles. The van der Waals surface area contributed by atoms with Crippen LogP contribution in [-0.4, -0.2) is 18.8 Å². The second kappa shape index (κ2) is 11.4. The summed E-state index contributed by atoms with van der Waals surface area (Å²) in [5.41, 5.74) is 4.75. The predicted molar refractivity (Wildman–Crippen MR) is 119 cm³/mol. The van der Waals surface area contributed by atoms with Crippen molar-refractivity contribution in [1.82, 2.24) is 0 Å². The van der Waals surface area contributed by atoms with Crippen LogP contribution in [0.2, 0.25) is 0 Å². The van der Waals surface area contributed by atoms with Gasteiger partial charge in [-0.3, -0.25) is 5.32 Å². The first-order valence-electron chi connectivity index (χ1n) is 10.3. The van der Waals surface area contributed by atoms with Crippen molar-refractivity contribution in [2.45, 2.75) is 32.7 Å². The number of rotatable bonds is 9. The molecule has 0 spiro atoms. The van der Waals surface area contributed by atoms with Crippen LogP contribution in [0.1, 0.15) is 30.0 Å². The van der Waals surface area contributed by atoms with Gasteiger partial charge < -0.3 is 4.74 Å². The predicted octanol–water partition coefficient (Wildman–Crippen LogP) is 4.73. The van der Waals surface area contributed by atoms with Crippen molar-refractivity contribution in [3.63, 3.8) is 0 Å². The van der Waals surface area contributed by atoms with Crippen LogP contribution in [0.25, 0.3) is 0 Å². The summed E-state index contributed by atoms with van der Waals surface area (Å²) in [5.74, 6) is 0. The van der Waals surface area contributed by atoms with Gasteiger partial charge in [-0.1, -0.05) is 37.6 Å². The molecule has 1 amide bonds. The molecule has 1 aromatic heterocycles. The summed E-state index contributed by atoms with van der Waals surface area (Å²) in [4.78, 5) is 25.9. The molecule has 1 heterocycles. The molecule has 158 valence electrons. The molecule has 0 bridgehead atoms. The minimum Gasteiger partial charge on any atom is -0.443 e. The summed E-state index contributed by atoms with van der Waals surface area (Å²) in [6.45, 7) is 3.07. The lowest BCUT2D eigenvalue weighted by molar-refractivity contribution is -0.698. The fourth-order valence-electron chi connectivity index (χ4n) is 3.23. The van der Waals surface area contributed by atoms with E-state index >= 15 is 0 Å². The van der Waals surface area contributed by atoms with E-state index in [0.717, 1.165) is 30.4 Å². The lowest BCUT2D eigenvalue weighted by Gasteiger charge is -2.07. The molecule has 0 saturated carbocycles. The summed E-state index contributed by atoms with van der Waals surface area (Å²) in [7, 11) is 0. The molecule has 31 heavy (non-hydrogen) atoms. The van der Waals surface area contributed by atoms with Crippen molar-refractivity contribution in [3.8, 4) is 0 Å². The quantitative estimate of drug-likeness (QED) is 0.311. The number of benzene rings is 2. The Morgan fingerprint density at radius 2 is 1.74 bits per heavy atom. The number of aryl methyl sites for hydroxylation is 1. The Morgan fingerprint density at radius 3 is 2.42 bits per heavy atom. The number of pyridine rings is 1. The number of hydrogen-bond donors (Lipinski definition) is 1. The number of hydrogen-bond acceptors (Lipinski definition) is 4. The Labute approximate surface area is 182 Å². The van der Waals surface area contributed by atoms with Crippen molar-refractivity contribution in [2.24, 2.45) is 4.99 Å². The molecule has 0 aliphatic carbocycles. The van der Waals surface area contributed by atoms with E-state index in [0.29, 0.717) is 24.5 Å². The van der Waals surface area contributed by atoms with Crippen LogP contribution in [0.4, 0.5) is 16.2 Å². The Balaban J connectivity index is 1.45. The number of aromatic nitrogens is 1. The molecule has 3 rings (SSSR count). The molecular weight excluding hydrogens is 390 g/mol. The van der Waals surface area contributed by atoms with Crippen LogP contribution in [0, 0.1) is 0 Å². The largest absolute Gasteiger partial charge is 0.443 e. The van der Waals surface area contributed by atoms with E-state index in [1.165, 1.54) is 11.6 Å². The summed E-state index contributed by atoms with van der Waals surface area (Å²) < 4.78 is 7.33. The Hall–Kier alpha value is -3.76. The number of carbonyl (C=O) groups is 1. The zero-order valence-electron chi connectivity index (χ0n) is 17.6. The van der Waals surface area contributed by atoms with Gasteiger partial charge in [-0.05, 0) is 54.3 Å². The molecule has 2 aromatic carbocycles. The second-order valence-corrected chi connectivity index (χ2v) is 7.20. The molecule has 0 saturated heterocycles. The van der Waals surface area contributed by atoms with Crippen LogP contribution in [0.5, 0.6) is 0 Å². The van der Waals surface area contributed by atoms with Crippen LogP contribution >= 0.6 is 0 Å². The number of nitrogens with zero attached hydrogens (tertiary/aromatic N) is 2. The maximum atomic E-state index is 12.1. The summed E-state index contributed by atoms with van der Waals surface area (Å²) in [6, 6.07) is 19.2. The summed E-state index contributed by atoms with van der Waals surface area (Å²) in [5, 5.41) is 2.75. The van der Waals surface area contributed by atoms with E-state index < -0.39 is 6.09 Å². The fourth-order valence-corrected chi connectivity index (χ4v) is 3.23. The highest BCUT2D eigenvalue weighted by molar-refractivity contribution is 5.84. The highest BCUT2D eigenvalue weighted by atomic mass is 16.5. The third kappa shape index (κ3) is 7.21. The van der Waals surface area contributed by atoms with Gasteiger partial charge in [0.15, 0.2) is 25.5 Å². The first-order valence-corrected chi connectivity index (χ1v) is 10.3. The van der Waals surface area contributed by atoms with Gasteiger partial charge in [0.25, 0.3) is 0 Å². The van der Waals surface area contributed by atoms with Crippen molar-refractivity contribution in [1.29, 1.82) is 0 Å². The zero-order chi connectivity index (χ0) is 21.9. The fraction of sp³-hybridized carbons (Fsp3) is 0.240. The highest BCUT2D eigenvalue weighted by Crippen LogP contribution is 2.17. The monoisotopic (exact) mass is 416 g/mol. The molecule has 0 unspecified atom stereocenters. The Kier molecular flexibility index (Phi) is 8.09. The van der Waals surface area contributed by atoms with Crippen LogP contribution in [-0.2, 0) is 28.9 Å². The number of anilines is 1. The van der Waals surface area contributed by atoms with Gasteiger partial charge in [0.2, 0.25) is 6.08 Å². The van der Waals surface area contributed by atoms with Gasteiger partial charge in [-0.25, -0.2) is 14.2 Å². The van der Waals surface area contributed by atoms with Gasteiger partial charge in [0, 0.05) is 17.3 Å². The molecule has 0 fully saturated rings. The standard InChI is InChI=1S/C25H25N3O3/c1-2-4-22-5-3-14-28(18-22)15-16-31-25(30)27-24-12-8-21(9-13-24)17-20-6-10-23(11-7-20)26-19-29/h3,5-14,18H,2,4,15-17H2,1H3/p+1. The van der Waals surface area contributed by atoms with E-state index in [1.54, 1.807) is 12.1 Å². The Morgan fingerprint density at radius 1 is 1.03 bits per heavy atom. The first-order chi connectivity index (χ1) is 15.2. The van der Waals surface area contributed by atoms with Crippen molar-refractivity contribution >= 4 is 23.5 Å². The molecule has 1 N–H and O–H groups in total. The highest BCUT2D eigenvalue weighted by Gasteiger charge is 2.07. The first kappa shape index (κ1) is 21.9. The van der Waals surface area contributed by atoms with Crippen LogP contribution in [0.3, 0.4) is 0 Å². The van der Waals surface area contributed by atoms with E-state index in [9.17, 15) is 9.59 Å². The minimum atomic E-state index is -0.468. The number of ether oxygens (including phenoxy) is 1. The summed E-state index contributed by atoms with van der Waals surface area (Å²) >= 11 is 0. The van der Waals surface area contributed by atoms with E-state index in [-0.39, 0.29) is 0 Å². The average molecular weight is 417 g/mol. The minimum absolute atomic E-state index is 0.300. The SMILES string of the molecule is CCCc1ccc[n+](CCOC(=O)Nc2ccc(Cc3ccc(N=C=O)cc3)cc2)c1. The molecule has 0 atom stereocenters. The number of nitrogens with one attached hydrogen (secondary N) is 1. The van der Waals surface area contributed by atoms with Gasteiger partial charge in [0.1, 0.15) is 0 Å². The maximum Gasteiger partial charge on any atom is 0.411 e. The van der Waals surface area contributed by atoms with Gasteiger partial charge in [0.05, 0.1) is 5.69 Å². The maximum absolute atomic E-state index is 12.1. The number of aliphatic imine (C=N–C) groups is 1. The van der Waals surface area contributed by atoms with Crippen molar-refractivity contribution in [3.05, 3.63) is 89.7 Å². The average Bonchev–Trinajstić information content (AvgIpc) is 2.77. The molecule has 0 aliphatic rings. The van der Waals surface area contributed by atoms with E-state index in [2.05, 4.69) is 29.5 Å². The second-order valence-electron chi connectivity index (χ2n) is 7.20. The van der Waals surface area contributed by atoms with Crippen molar-refractivity contribution in [2.75, 3.05) is 11.9 Å². The number of amides is 1. The molecule has 6 nitrogen and oxygen atoms in total. The van der Waals surface area contributed by atoms with Crippen LogP contribution < -0.4 is 9.88 Å². The lowest BCUT2D eigenvalue weighted by atomic mass is 10.0. The van der Waals surface area contributed by atoms with Crippen molar-refractivity contribution < 1.29 is 18.9 Å². The van der Waals surface area contributed by atoms with Crippen LogP contribution in [0.15, 0.2) is 78.0 Å². The third-order valence-corrected chi connectivity index (χ3v) is 4.76. The number of carbonyl (C=O) groups excluding carboxylic acids is 2. The molecular formula is C25H26N3O3+. The normalized spacial score (nSPS) is 10.2. The summed E-state index contributed by atoms with van der Waals surface area (Å²) in [6.07, 6.45) is 8.01. The topological polar surface area (TPSA) is 71.6 Å². The number of isocyanates is 1. The van der Waals surface area contributed by atoms with Gasteiger partial charge in [-0.15, -0.1) is 0 Å². The molecule has 0 radical (unpaired) electrons. The third-order valence-electron chi connectivity index (χ3n) is 4.76. The lowest BCUT2D eigenvalue weighted by Crippen LogP contribution is -2.36. The van der Waals surface area contributed by atoms with Gasteiger partial charge >= 0.3 is 6.09 Å². The Bertz CT molecular complexity index is 1040. The molecule has 3 aromatic rings. The van der Waals surface area contributed by atoms with E-state index in [1.807, 2.05) is 53.2 Å². The van der Waals surface area contributed by atoms with E-state index in [4.69, 9.17) is 4.74 Å². The smallest absolute Gasteiger partial charge is 0.411 e.